The molecule has 0 spiro atoms. The maximum Gasteiger partial charge on any atom is 0.0897 e. The second kappa shape index (κ2) is 13.6. The molecule has 1 unspecified atom stereocenters. The molecule has 0 aromatic carbocycles. The highest BCUT2D eigenvalue weighted by Crippen LogP contribution is 1.85. The molecule has 0 aliphatic rings. The van der Waals surface area contributed by atoms with E-state index in [4.69, 9.17) is 14.2 Å². The van der Waals surface area contributed by atoms with Gasteiger partial charge in [0.1, 0.15) is 0 Å². The van der Waals surface area contributed by atoms with E-state index in [0.29, 0.717) is 39.6 Å². The largest absolute Gasteiger partial charge is 0.389 e. The first-order valence-corrected chi connectivity index (χ1v) is 5.95. The van der Waals surface area contributed by atoms with Crippen molar-refractivity contribution in [2.75, 3.05) is 53.2 Å². The van der Waals surface area contributed by atoms with Crippen LogP contribution in [0.15, 0.2) is 12.7 Å². The van der Waals surface area contributed by atoms with Crippen LogP contribution in [0, 0.1) is 0 Å². The SMILES string of the molecule is C=CCCOCCNCC(O)COCCOC. The Kier molecular flexibility index (Phi) is 13.2. The van der Waals surface area contributed by atoms with Gasteiger partial charge in [0, 0.05) is 20.2 Å². The Bertz CT molecular complexity index is 167. The summed E-state index contributed by atoms with van der Waals surface area (Å²) in [7, 11) is 1.62. The summed E-state index contributed by atoms with van der Waals surface area (Å²) in [6, 6.07) is 0. The highest BCUT2D eigenvalue weighted by Gasteiger charge is 2.02. The average molecular weight is 247 g/mol. The fourth-order valence-corrected chi connectivity index (χ4v) is 1.10. The maximum atomic E-state index is 9.51. The van der Waals surface area contributed by atoms with Crippen molar-refractivity contribution >= 4 is 0 Å². The van der Waals surface area contributed by atoms with E-state index in [9.17, 15) is 5.11 Å². The van der Waals surface area contributed by atoms with Crippen molar-refractivity contribution in [3.63, 3.8) is 0 Å². The number of aliphatic hydroxyl groups is 1. The second-order valence-corrected chi connectivity index (χ2v) is 3.62. The van der Waals surface area contributed by atoms with Gasteiger partial charge < -0.3 is 24.6 Å². The van der Waals surface area contributed by atoms with Crippen molar-refractivity contribution in [2.24, 2.45) is 0 Å². The zero-order chi connectivity index (χ0) is 12.8. The van der Waals surface area contributed by atoms with Gasteiger partial charge in [0.05, 0.1) is 39.1 Å². The third kappa shape index (κ3) is 13.5. The molecule has 17 heavy (non-hydrogen) atoms. The lowest BCUT2D eigenvalue weighted by molar-refractivity contribution is 0.0132. The van der Waals surface area contributed by atoms with Crippen LogP contribution in [-0.4, -0.2) is 64.4 Å². The van der Waals surface area contributed by atoms with Gasteiger partial charge in [-0.3, -0.25) is 0 Å². The molecule has 0 radical (unpaired) electrons. The third-order valence-electron chi connectivity index (χ3n) is 2.01. The van der Waals surface area contributed by atoms with Crippen LogP contribution >= 0.6 is 0 Å². The average Bonchev–Trinajstić information content (AvgIpc) is 2.33. The van der Waals surface area contributed by atoms with E-state index in [1.807, 2.05) is 6.08 Å². The molecule has 1 atom stereocenters. The highest BCUT2D eigenvalue weighted by atomic mass is 16.5. The molecule has 102 valence electrons. The molecule has 0 aliphatic carbocycles. The lowest BCUT2D eigenvalue weighted by atomic mass is 10.4. The Morgan fingerprint density at radius 3 is 2.76 bits per heavy atom. The maximum absolute atomic E-state index is 9.51. The van der Waals surface area contributed by atoms with Gasteiger partial charge in [-0.1, -0.05) is 6.08 Å². The van der Waals surface area contributed by atoms with Gasteiger partial charge in [-0.15, -0.1) is 6.58 Å². The van der Waals surface area contributed by atoms with Gasteiger partial charge in [-0.25, -0.2) is 0 Å². The Balaban J connectivity index is 3.10. The van der Waals surface area contributed by atoms with Crippen LogP contribution in [0.2, 0.25) is 0 Å². The zero-order valence-corrected chi connectivity index (χ0v) is 10.7. The quantitative estimate of drug-likeness (QED) is 0.359. The van der Waals surface area contributed by atoms with Crippen LogP contribution in [-0.2, 0) is 14.2 Å². The number of hydrogen-bond donors (Lipinski definition) is 2. The molecule has 5 nitrogen and oxygen atoms in total. The first kappa shape index (κ1) is 16.5. The molecule has 2 N–H and O–H groups in total. The third-order valence-corrected chi connectivity index (χ3v) is 2.01. The highest BCUT2D eigenvalue weighted by molar-refractivity contribution is 4.64. The predicted octanol–water partition coefficient (Wildman–Crippen LogP) is 0.193. The molecule has 0 saturated heterocycles. The minimum Gasteiger partial charge on any atom is -0.389 e. The number of aliphatic hydroxyl groups excluding tert-OH is 1. The van der Waals surface area contributed by atoms with Crippen molar-refractivity contribution < 1.29 is 19.3 Å². The lowest BCUT2D eigenvalue weighted by Gasteiger charge is -2.12. The Hall–Kier alpha value is -0.460. The van der Waals surface area contributed by atoms with Gasteiger partial charge in [-0.2, -0.15) is 0 Å². The molecule has 0 amide bonds. The summed E-state index contributed by atoms with van der Waals surface area (Å²) in [4.78, 5) is 0. The van der Waals surface area contributed by atoms with Crippen LogP contribution in [0.5, 0.6) is 0 Å². The van der Waals surface area contributed by atoms with Gasteiger partial charge in [0.15, 0.2) is 0 Å². The van der Waals surface area contributed by atoms with E-state index in [1.54, 1.807) is 7.11 Å². The summed E-state index contributed by atoms with van der Waals surface area (Å²) in [5, 5.41) is 12.6. The van der Waals surface area contributed by atoms with Gasteiger partial charge >= 0.3 is 0 Å². The van der Waals surface area contributed by atoms with Crippen molar-refractivity contribution in [1.29, 1.82) is 0 Å². The van der Waals surface area contributed by atoms with Crippen molar-refractivity contribution in [2.45, 2.75) is 12.5 Å². The summed E-state index contributed by atoms with van der Waals surface area (Å²) in [5.74, 6) is 0. The fraction of sp³-hybridized carbons (Fsp3) is 0.833. The van der Waals surface area contributed by atoms with E-state index in [2.05, 4.69) is 11.9 Å². The number of hydrogen-bond acceptors (Lipinski definition) is 5. The van der Waals surface area contributed by atoms with Gasteiger partial charge in [0.2, 0.25) is 0 Å². The van der Waals surface area contributed by atoms with Crippen LogP contribution in [0.3, 0.4) is 0 Å². The normalized spacial score (nSPS) is 12.6. The monoisotopic (exact) mass is 247 g/mol. The van der Waals surface area contributed by atoms with Crippen molar-refractivity contribution in [3.05, 3.63) is 12.7 Å². The minimum atomic E-state index is -0.486. The van der Waals surface area contributed by atoms with E-state index < -0.39 is 6.10 Å². The molecular formula is C12H25NO4. The molecule has 0 fully saturated rings. The molecule has 0 aromatic heterocycles. The Labute approximate surface area is 104 Å². The number of rotatable bonds is 13. The second-order valence-electron chi connectivity index (χ2n) is 3.62. The Morgan fingerprint density at radius 2 is 2.06 bits per heavy atom. The molecule has 0 aliphatic heterocycles. The van der Waals surface area contributed by atoms with E-state index in [1.165, 1.54) is 0 Å². The summed E-state index contributed by atoms with van der Waals surface area (Å²) >= 11 is 0. The Morgan fingerprint density at radius 1 is 1.24 bits per heavy atom. The molecule has 0 aromatic rings. The molecule has 0 bridgehead atoms. The predicted molar refractivity (Wildman–Crippen MR) is 67.2 cm³/mol. The van der Waals surface area contributed by atoms with Crippen molar-refractivity contribution in [3.8, 4) is 0 Å². The standard InChI is InChI=1S/C12H25NO4/c1-3-4-6-16-7-5-13-10-12(14)11-17-9-8-15-2/h3,12-14H,1,4-11H2,2H3. The number of nitrogens with one attached hydrogen (secondary N) is 1. The molecule has 5 heteroatoms. The van der Waals surface area contributed by atoms with E-state index >= 15 is 0 Å². The summed E-state index contributed by atoms with van der Waals surface area (Å²) < 4.78 is 15.3. The molecule has 0 saturated carbocycles. The van der Waals surface area contributed by atoms with Crippen LogP contribution in [0.4, 0.5) is 0 Å². The first-order valence-electron chi connectivity index (χ1n) is 5.95. The zero-order valence-electron chi connectivity index (χ0n) is 10.7. The first-order chi connectivity index (χ1) is 8.31. The smallest absolute Gasteiger partial charge is 0.0897 e. The molecular weight excluding hydrogens is 222 g/mol. The van der Waals surface area contributed by atoms with Crippen LogP contribution < -0.4 is 5.32 Å². The number of methoxy groups -OCH3 is 1. The minimum absolute atomic E-state index is 0.327. The number of ether oxygens (including phenoxy) is 3. The summed E-state index contributed by atoms with van der Waals surface area (Å²) in [6.45, 7) is 7.59. The van der Waals surface area contributed by atoms with Crippen LogP contribution in [0.25, 0.3) is 0 Å². The van der Waals surface area contributed by atoms with Gasteiger partial charge in [0.25, 0.3) is 0 Å². The lowest BCUT2D eigenvalue weighted by Crippen LogP contribution is -2.32. The summed E-state index contributed by atoms with van der Waals surface area (Å²) in [6.07, 6.45) is 2.21. The van der Waals surface area contributed by atoms with E-state index in [-0.39, 0.29) is 0 Å². The fourth-order valence-electron chi connectivity index (χ4n) is 1.10. The molecule has 0 heterocycles. The van der Waals surface area contributed by atoms with Gasteiger partial charge in [-0.05, 0) is 6.42 Å². The van der Waals surface area contributed by atoms with E-state index in [0.717, 1.165) is 13.0 Å². The van der Waals surface area contributed by atoms with Crippen molar-refractivity contribution in [1.82, 2.24) is 5.32 Å². The molecule has 0 rings (SSSR count). The van der Waals surface area contributed by atoms with Crippen LogP contribution in [0.1, 0.15) is 6.42 Å². The summed E-state index contributed by atoms with van der Waals surface area (Å²) in [5.41, 5.74) is 0. The topological polar surface area (TPSA) is 60.0 Å².